The Hall–Kier alpha value is -2.62. The highest BCUT2D eigenvalue weighted by Gasteiger charge is 2.05. The lowest BCUT2D eigenvalue weighted by atomic mass is 10.1. The molecule has 0 atom stereocenters. The van der Waals surface area contributed by atoms with Crippen LogP contribution in [0.3, 0.4) is 0 Å². The van der Waals surface area contributed by atoms with Gasteiger partial charge in [0, 0.05) is 24.2 Å². The summed E-state index contributed by atoms with van der Waals surface area (Å²) in [5.41, 5.74) is 1.61. The summed E-state index contributed by atoms with van der Waals surface area (Å²) in [6, 6.07) is 15.6. The first kappa shape index (κ1) is 13.8. The summed E-state index contributed by atoms with van der Waals surface area (Å²) in [5.74, 6) is -0.901. The van der Waals surface area contributed by atoms with Crippen LogP contribution in [0.25, 0.3) is 0 Å². The molecule has 102 valence electrons. The number of carbonyl (C=O) groups excluding carboxylic acids is 1. The van der Waals surface area contributed by atoms with Crippen LogP contribution >= 0.6 is 0 Å². The van der Waals surface area contributed by atoms with Crippen molar-refractivity contribution in [2.75, 3.05) is 11.9 Å². The molecule has 0 heterocycles. The van der Waals surface area contributed by atoms with Crippen LogP contribution in [0, 0.1) is 0 Å². The van der Waals surface area contributed by atoms with E-state index in [-0.39, 0.29) is 11.3 Å². The standard InChI is InChI=1S/C16H15NO3/c18-15(12-5-2-1-3-6-12)9-10-17-14-8-4-7-13(11-14)16(19)20/h1-8,11,17H,9-10H2,(H,19,20). The van der Waals surface area contributed by atoms with Crippen molar-refractivity contribution >= 4 is 17.4 Å². The lowest BCUT2D eigenvalue weighted by Crippen LogP contribution is -2.09. The topological polar surface area (TPSA) is 66.4 Å². The number of nitrogens with one attached hydrogen (secondary N) is 1. The fourth-order valence-electron chi connectivity index (χ4n) is 1.85. The summed E-state index contributed by atoms with van der Waals surface area (Å²) in [5, 5.41) is 11.9. The lowest BCUT2D eigenvalue weighted by Gasteiger charge is -2.06. The summed E-state index contributed by atoms with van der Waals surface area (Å²) in [6.45, 7) is 0.469. The highest BCUT2D eigenvalue weighted by molar-refractivity contribution is 5.96. The summed E-state index contributed by atoms with van der Waals surface area (Å²) >= 11 is 0. The van der Waals surface area contributed by atoms with E-state index in [4.69, 9.17) is 5.11 Å². The molecule has 0 radical (unpaired) electrons. The number of carbonyl (C=O) groups is 2. The van der Waals surface area contributed by atoms with Gasteiger partial charge < -0.3 is 10.4 Å². The van der Waals surface area contributed by atoms with Crippen molar-refractivity contribution in [2.45, 2.75) is 6.42 Å². The summed E-state index contributed by atoms with van der Waals surface area (Å²) in [4.78, 5) is 22.7. The van der Waals surface area contributed by atoms with Gasteiger partial charge in [0.05, 0.1) is 5.56 Å². The summed E-state index contributed by atoms with van der Waals surface area (Å²) in [7, 11) is 0. The minimum absolute atomic E-state index is 0.0625. The van der Waals surface area contributed by atoms with E-state index in [0.29, 0.717) is 24.2 Å². The Labute approximate surface area is 117 Å². The Morgan fingerprint density at radius 3 is 2.35 bits per heavy atom. The maximum absolute atomic E-state index is 11.9. The Kier molecular flexibility index (Phi) is 4.50. The van der Waals surface area contributed by atoms with Crippen LogP contribution in [0.15, 0.2) is 54.6 Å². The third-order valence-corrected chi connectivity index (χ3v) is 2.89. The number of carboxylic acid groups (broad SMARTS) is 1. The minimum atomic E-state index is -0.964. The number of carboxylic acids is 1. The molecule has 0 spiro atoms. The molecule has 2 rings (SSSR count). The van der Waals surface area contributed by atoms with Gasteiger partial charge in [-0.05, 0) is 18.2 Å². The predicted octanol–water partition coefficient (Wildman–Crippen LogP) is 3.07. The van der Waals surface area contributed by atoms with Crippen LogP contribution in [0.5, 0.6) is 0 Å². The van der Waals surface area contributed by atoms with Crippen LogP contribution in [-0.2, 0) is 0 Å². The number of Topliss-reactive ketones (excluding diaryl/α,β-unsaturated/α-hetero) is 1. The van der Waals surface area contributed by atoms with Gasteiger partial charge in [0.15, 0.2) is 5.78 Å². The Balaban J connectivity index is 1.89. The molecule has 0 saturated carbocycles. The molecule has 0 unspecified atom stereocenters. The SMILES string of the molecule is O=C(O)c1cccc(NCCC(=O)c2ccccc2)c1. The molecular weight excluding hydrogens is 254 g/mol. The lowest BCUT2D eigenvalue weighted by molar-refractivity contribution is 0.0696. The van der Waals surface area contributed by atoms with E-state index in [9.17, 15) is 9.59 Å². The number of hydrogen-bond acceptors (Lipinski definition) is 3. The zero-order chi connectivity index (χ0) is 14.4. The Morgan fingerprint density at radius 2 is 1.65 bits per heavy atom. The van der Waals surface area contributed by atoms with Crippen LogP contribution in [0.1, 0.15) is 27.1 Å². The van der Waals surface area contributed by atoms with E-state index in [1.54, 1.807) is 30.3 Å². The van der Waals surface area contributed by atoms with Gasteiger partial charge in [-0.1, -0.05) is 36.4 Å². The summed E-state index contributed by atoms with van der Waals surface area (Å²) in [6.07, 6.45) is 0.362. The molecule has 0 fully saturated rings. The monoisotopic (exact) mass is 269 g/mol. The first-order valence-electron chi connectivity index (χ1n) is 6.32. The van der Waals surface area contributed by atoms with E-state index >= 15 is 0 Å². The van der Waals surface area contributed by atoms with Crippen LogP contribution < -0.4 is 5.32 Å². The highest BCUT2D eigenvalue weighted by Crippen LogP contribution is 2.11. The van der Waals surface area contributed by atoms with E-state index < -0.39 is 5.97 Å². The van der Waals surface area contributed by atoms with Crippen molar-refractivity contribution in [3.05, 3.63) is 65.7 Å². The van der Waals surface area contributed by atoms with E-state index in [1.807, 2.05) is 18.2 Å². The van der Waals surface area contributed by atoms with Crippen LogP contribution in [-0.4, -0.2) is 23.4 Å². The van der Waals surface area contributed by atoms with Crippen molar-refractivity contribution in [1.82, 2.24) is 0 Å². The van der Waals surface area contributed by atoms with Gasteiger partial charge in [0.25, 0.3) is 0 Å². The fraction of sp³-hybridized carbons (Fsp3) is 0.125. The molecule has 0 aliphatic carbocycles. The molecular formula is C16H15NO3. The number of rotatable bonds is 6. The van der Waals surface area contributed by atoms with E-state index in [0.717, 1.165) is 0 Å². The highest BCUT2D eigenvalue weighted by atomic mass is 16.4. The zero-order valence-corrected chi connectivity index (χ0v) is 10.9. The van der Waals surface area contributed by atoms with Crippen molar-refractivity contribution < 1.29 is 14.7 Å². The van der Waals surface area contributed by atoms with Gasteiger partial charge in [0.2, 0.25) is 0 Å². The largest absolute Gasteiger partial charge is 0.478 e. The van der Waals surface area contributed by atoms with Crippen LogP contribution in [0.2, 0.25) is 0 Å². The molecule has 0 saturated heterocycles. The number of hydrogen-bond donors (Lipinski definition) is 2. The molecule has 4 heteroatoms. The molecule has 4 nitrogen and oxygen atoms in total. The van der Waals surface area contributed by atoms with Crippen LogP contribution in [0.4, 0.5) is 5.69 Å². The van der Waals surface area contributed by atoms with Crippen molar-refractivity contribution in [2.24, 2.45) is 0 Å². The average molecular weight is 269 g/mol. The third-order valence-electron chi connectivity index (χ3n) is 2.89. The second kappa shape index (κ2) is 6.52. The first-order valence-corrected chi connectivity index (χ1v) is 6.32. The van der Waals surface area contributed by atoms with Gasteiger partial charge in [0.1, 0.15) is 0 Å². The normalized spacial score (nSPS) is 10.0. The molecule has 0 bridgehead atoms. The third kappa shape index (κ3) is 3.68. The van der Waals surface area contributed by atoms with Crippen molar-refractivity contribution in [3.8, 4) is 0 Å². The predicted molar refractivity (Wildman–Crippen MR) is 77.3 cm³/mol. The van der Waals surface area contributed by atoms with Gasteiger partial charge in [-0.3, -0.25) is 4.79 Å². The van der Waals surface area contributed by atoms with E-state index in [2.05, 4.69) is 5.32 Å². The maximum atomic E-state index is 11.9. The van der Waals surface area contributed by atoms with Gasteiger partial charge in [-0.15, -0.1) is 0 Å². The first-order chi connectivity index (χ1) is 9.66. The Morgan fingerprint density at radius 1 is 0.950 bits per heavy atom. The Bertz CT molecular complexity index is 608. The molecule has 2 N–H and O–H groups in total. The quantitative estimate of drug-likeness (QED) is 0.791. The second-order valence-electron chi connectivity index (χ2n) is 4.35. The number of ketones is 1. The van der Waals surface area contributed by atoms with Gasteiger partial charge in [-0.25, -0.2) is 4.79 Å². The number of anilines is 1. The molecule has 0 aliphatic heterocycles. The molecule has 0 aromatic heterocycles. The second-order valence-corrected chi connectivity index (χ2v) is 4.35. The molecule has 2 aromatic carbocycles. The van der Waals surface area contributed by atoms with Gasteiger partial charge in [-0.2, -0.15) is 0 Å². The molecule has 20 heavy (non-hydrogen) atoms. The molecule has 0 amide bonds. The number of benzene rings is 2. The zero-order valence-electron chi connectivity index (χ0n) is 10.9. The fourth-order valence-corrected chi connectivity index (χ4v) is 1.85. The van der Waals surface area contributed by atoms with E-state index in [1.165, 1.54) is 6.07 Å². The minimum Gasteiger partial charge on any atom is -0.478 e. The molecule has 0 aliphatic rings. The number of aromatic carboxylic acids is 1. The molecule has 2 aromatic rings. The summed E-state index contributed by atoms with van der Waals surface area (Å²) < 4.78 is 0. The maximum Gasteiger partial charge on any atom is 0.335 e. The average Bonchev–Trinajstić information content (AvgIpc) is 2.48. The van der Waals surface area contributed by atoms with Crippen molar-refractivity contribution in [1.29, 1.82) is 0 Å². The smallest absolute Gasteiger partial charge is 0.335 e. The van der Waals surface area contributed by atoms with Gasteiger partial charge >= 0.3 is 5.97 Å². The van der Waals surface area contributed by atoms with Crippen molar-refractivity contribution in [3.63, 3.8) is 0 Å².